The maximum atomic E-state index is 15.3. The molecule has 13 heteroatoms. The summed E-state index contributed by atoms with van der Waals surface area (Å²) in [7, 11) is 1.37. The smallest absolute Gasteiger partial charge is 0.260 e. The molecular formula is C39H29BrCl2FN3O6. The molecule has 4 aliphatic rings. The Bertz CT molecular complexity index is 2200. The highest BCUT2D eigenvalue weighted by molar-refractivity contribution is 9.10. The lowest BCUT2D eigenvalue weighted by atomic mass is 9.49. The van der Waals surface area contributed by atoms with E-state index in [1.54, 1.807) is 54.6 Å². The van der Waals surface area contributed by atoms with Crippen LogP contribution in [0, 0.1) is 29.5 Å². The lowest BCUT2D eigenvalue weighted by Crippen LogP contribution is -2.53. The Balaban J connectivity index is 1.35. The van der Waals surface area contributed by atoms with E-state index < -0.39 is 52.6 Å². The van der Waals surface area contributed by atoms with Crippen molar-refractivity contribution in [2.75, 3.05) is 17.4 Å². The molecule has 3 fully saturated rings. The molecule has 2 N–H and O–H groups in total. The quantitative estimate of drug-likeness (QED) is 0.151. The number of carbonyl (C=O) groups excluding carboxylic acids is 4. The first-order chi connectivity index (χ1) is 24.9. The molecule has 6 atom stereocenters. The van der Waals surface area contributed by atoms with Crippen molar-refractivity contribution in [2.45, 2.75) is 24.2 Å². The average molecular weight is 805 g/mol. The van der Waals surface area contributed by atoms with Gasteiger partial charge in [0.05, 0.1) is 46.7 Å². The second-order valence-corrected chi connectivity index (χ2v) is 15.2. The number of phenols is 1. The molecule has 4 aromatic rings. The lowest BCUT2D eigenvalue weighted by Gasteiger charge is -2.50. The molecule has 0 radical (unpaired) electrons. The van der Waals surface area contributed by atoms with Crippen LogP contribution in [-0.2, 0) is 24.6 Å². The number of nitrogens with zero attached hydrogens (tertiary/aromatic N) is 2. The van der Waals surface area contributed by atoms with Gasteiger partial charge in [-0.15, -0.1) is 0 Å². The first-order valence-electron chi connectivity index (χ1n) is 16.5. The van der Waals surface area contributed by atoms with Crippen molar-refractivity contribution in [3.63, 3.8) is 0 Å². The molecule has 9 nitrogen and oxygen atoms in total. The van der Waals surface area contributed by atoms with Crippen molar-refractivity contribution in [1.82, 2.24) is 5.01 Å². The molecule has 2 aliphatic carbocycles. The van der Waals surface area contributed by atoms with Crippen LogP contribution >= 0.6 is 39.1 Å². The third-order valence-corrected chi connectivity index (χ3v) is 12.0. The number of halogens is 4. The molecule has 2 saturated heterocycles. The number of rotatable bonds is 6. The van der Waals surface area contributed by atoms with E-state index in [-0.39, 0.29) is 41.2 Å². The second kappa shape index (κ2) is 12.8. The standard InChI is InChI=1S/C39H29BrCl2FN3O6/c1-52-31-17-19(16-30(42)34(31)47)33-26-14-15-27-32(37(50)45(35(27)48)25-12-4-21(40)5-13-25)28(26)18-29-36(49)46(44-24-10-8-23(43)9-11-24)38(51)39(29,33)20-2-6-22(41)7-3-20/h2-14,16-17,27-29,32-33,44,47H,15,18H2,1H3/t27-,28+,29-,32-,33-,39+/m0/s1. The molecule has 0 unspecified atom stereocenters. The number of hydrogen-bond donors (Lipinski definition) is 2. The average Bonchev–Trinajstić information content (AvgIpc) is 3.51. The summed E-state index contributed by atoms with van der Waals surface area (Å²) >= 11 is 16.4. The summed E-state index contributed by atoms with van der Waals surface area (Å²) in [5, 5.41) is 12.1. The molecule has 0 bridgehead atoms. The zero-order valence-electron chi connectivity index (χ0n) is 27.4. The van der Waals surface area contributed by atoms with Crippen molar-refractivity contribution in [3.05, 3.63) is 128 Å². The maximum Gasteiger partial charge on any atom is 0.260 e. The Labute approximate surface area is 316 Å². The molecule has 1 saturated carbocycles. The number of fused-ring (bicyclic) bond motifs is 4. The van der Waals surface area contributed by atoms with Crippen molar-refractivity contribution in [3.8, 4) is 11.5 Å². The van der Waals surface area contributed by atoms with Gasteiger partial charge in [0.15, 0.2) is 11.5 Å². The van der Waals surface area contributed by atoms with Gasteiger partial charge in [-0.2, -0.15) is 5.01 Å². The fourth-order valence-electron chi connectivity index (χ4n) is 8.79. The number of phenolic OH excluding ortho intramolecular Hbond substituents is 1. The van der Waals surface area contributed by atoms with Crippen LogP contribution in [0.2, 0.25) is 10.0 Å². The zero-order chi connectivity index (χ0) is 36.6. The highest BCUT2D eigenvalue weighted by atomic mass is 79.9. The van der Waals surface area contributed by atoms with Crippen LogP contribution in [0.1, 0.15) is 29.9 Å². The number of allylic oxidation sites excluding steroid dienone is 2. The molecule has 0 aromatic heterocycles. The van der Waals surface area contributed by atoms with Gasteiger partial charge in [0.2, 0.25) is 11.8 Å². The van der Waals surface area contributed by atoms with Gasteiger partial charge in [-0.05, 0) is 103 Å². The van der Waals surface area contributed by atoms with E-state index in [9.17, 15) is 23.9 Å². The van der Waals surface area contributed by atoms with Crippen molar-refractivity contribution in [1.29, 1.82) is 0 Å². The molecule has 264 valence electrons. The number of anilines is 2. The lowest BCUT2D eigenvalue weighted by molar-refractivity contribution is -0.138. The van der Waals surface area contributed by atoms with Gasteiger partial charge in [0, 0.05) is 15.4 Å². The van der Waals surface area contributed by atoms with Crippen molar-refractivity contribution < 1.29 is 33.4 Å². The van der Waals surface area contributed by atoms with E-state index in [2.05, 4.69) is 21.4 Å². The number of nitrogens with one attached hydrogen (secondary N) is 1. The Kier molecular flexibility index (Phi) is 8.43. The van der Waals surface area contributed by atoms with Crippen LogP contribution in [0.15, 0.2) is 101 Å². The number of benzene rings is 4. The summed E-state index contributed by atoms with van der Waals surface area (Å²) in [5.41, 5.74) is 3.69. The number of carbonyl (C=O) groups is 4. The first kappa shape index (κ1) is 34.4. The molecular weight excluding hydrogens is 776 g/mol. The summed E-state index contributed by atoms with van der Waals surface area (Å²) in [5.74, 6) is -6.73. The summed E-state index contributed by atoms with van der Waals surface area (Å²) in [6, 6.07) is 22.0. The van der Waals surface area contributed by atoms with Crippen LogP contribution in [-0.4, -0.2) is 40.9 Å². The van der Waals surface area contributed by atoms with Crippen LogP contribution in [0.3, 0.4) is 0 Å². The van der Waals surface area contributed by atoms with Crippen LogP contribution in [0.4, 0.5) is 15.8 Å². The zero-order valence-corrected chi connectivity index (χ0v) is 30.5. The Morgan fingerprint density at radius 3 is 2.27 bits per heavy atom. The highest BCUT2D eigenvalue weighted by Gasteiger charge is 2.70. The number of aromatic hydroxyl groups is 1. The molecule has 2 aliphatic heterocycles. The van der Waals surface area contributed by atoms with E-state index in [1.165, 1.54) is 42.3 Å². The van der Waals surface area contributed by atoms with Gasteiger partial charge in [0.1, 0.15) is 5.82 Å². The summed E-state index contributed by atoms with van der Waals surface area (Å²) in [6.07, 6.45) is 2.20. The van der Waals surface area contributed by atoms with Crippen LogP contribution in [0.5, 0.6) is 11.5 Å². The molecule has 8 rings (SSSR count). The van der Waals surface area contributed by atoms with Gasteiger partial charge in [-0.3, -0.25) is 29.5 Å². The normalized spacial score (nSPS) is 26.6. The number of imide groups is 2. The number of ether oxygens (including phenoxy) is 1. The van der Waals surface area contributed by atoms with E-state index in [0.29, 0.717) is 33.1 Å². The van der Waals surface area contributed by atoms with Crippen LogP contribution in [0.25, 0.3) is 0 Å². The largest absolute Gasteiger partial charge is 0.503 e. The second-order valence-electron chi connectivity index (χ2n) is 13.4. The molecule has 4 amide bonds. The number of amides is 4. The predicted molar refractivity (Wildman–Crippen MR) is 195 cm³/mol. The SMILES string of the molecule is COc1cc([C@H]2C3=CC[C@@H]4C(=O)N(c5ccc(Br)cc5)C(=O)[C@@H]4[C@@H]3C[C@H]3C(=O)N(Nc4ccc(F)cc4)C(=O)[C@@]23c2ccc(Cl)cc2)cc(Cl)c1O. The molecule has 4 aromatic carbocycles. The topological polar surface area (TPSA) is 116 Å². The first-order valence-corrected chi connectivity index (χ1v) is 18.1. The van der Waals surface area contributed by atoms with E-state index in [0.717, 1.165) is 9.48 Å². The van der Waals surface area contributed by atoms with E-state index >= 15 is 4.79 Å². The number of hydrazine groups is 1. The number of hydrogen-bond acceptors (Lipinski definition) is 7. The van der Waals surface area contributed by atoms with Crippen molar-refractivity contribution >= 4 is 74.1 Å². The third kappa shape index (κ3) is 5.08. The monoisotopic (exact) mass is 803 g/mol. The molecule has 0 spiro atoms. The van der Waals surface area contributed by atoms with Crippen molar-refractivity contribution in [2.24, 2.45) is 23.7 Å². The third-order valence-electron chi connectivity index (χ3n) is 10.9. The minimum atomic E-state index is -1.62. The number of methoxy groups -OCH3 is 1. The predicted octanol–water partition coefficient (Wildman–Crippen LogP) is 7.80. The Hall–Kier alpha value is -4.71. The Morgan fingerprint density at radius 1 is 0.904 bits per heavy atom. The summed E-state index contributed by atoms with van der Waals surface area (Å²) < 4.78 is 20.2. The molecule has 2 heterocycles. The van der Waals surface area contributed by atoms with Gasteiger partial charge < -0.3 is 9.84 Å². The Morgan fingerprint density at radius 2 is 1.60 bits per heavy atom. The minimum absolute atomic E-state index is 0.0415. The van der Waals surface area contributed by atoms with Gasteiger partial charge in [-0.1, -0.05) is 62.9 Å². The fourth-order valence-corrected chi connectivity index (χ4v) is 9.40. The summed E-state index contributed by atoms with van der Waals surface area (Å²) in [4.78, 5) is 59.7. The van der Waals surface area contributed by atoms with Gasteiger partial charge >= 0.3 is 0 Å². The fraction of sp³-hybridized carbons (Fsp3) is 0.231. The van der Waals surface area contributed by atoms with Gasteiger partial charge in [-0.25, -0.2) is 4.39 Å². The van der Waals surface area contributed by atoms with Crippen LogP contribution < -0.4 is 15.1 Å². The maximum absolute atomic E-state index is 15.3. The molecule has 52 heavy (non-hydrogen) atoms. The summed E-state index contributed by atoms with van der Waals surface area (Å²) in [6.45, 7) is 0. The van der Waals surface area contributed by atoms with Gasteiger partial charge in [0.25, 0.3) is 11.8 Å². The highest BCUT2D eigenvalue weighted by Crippen LogP contribution is 2.64. The minimum Gasteiger partial charge on any atom is -0.503 e. The van der Waals surface area contributed by atoms with E-state index in [1.807, 2.05) is 6.08 Å². The van der Waals surface area contributed by atoms with E-state index in [4.69, 9.17) is 27.9 Å².